The maximum Gasteiger partial charge on any atom is 0.267 e. The Labute approximate surface area is 120 Å². The van der Waals surface area contributed by atoms with Gasteiger partial charge in [-0.25, -0.2) is 4.98 Å². The van der Waals surface area contributed by atoms with Gasteiger partial charge in [0.25, 0.3) is 5.56 Å². The highest BCUT2D eigenvalue weighted by Gasteiger charge is 2.05. The number of methoxy groups -OCH3 is 1. The number of aromatic nitrogens is 2. The van der Waals surface area contributed by atoms with Crippen LogP contribution in [0.1, 0.15) is 11.4 Å². The number of halogens is 1. The lowest BCUT2D eigenvalue weighted by Crippen LogP contribution is -2.24. The molecule has 0 bridgehead atoms. The molecule has 1 heterocycles. The Hall–Kier alpha value is -1.62. The fourth-order valence-corrected chi connectivity index (χ4v) is 2.16. The summed E-state index contributed by atoms with van der Waals surface area (Å²) in [6, 6.07) is 7.85. The van der Waals surface area contributed by atoms with Crippen molar-refractivity contribution in [3.05, 3.63) is 56.7 Å². The second-order valence-electron chi connectivity index (χ2n) is 4.21. The second-order valence-corrected chi connectivity index (χ2v) is 5.06. The van der Waals surface area contributed by atoms with Gasteiger partial charge in [-0.3, -0.25) is 9.36 Å². The largest absolute Gasteiger partial charge is 0.497 e. The molecule has 0 saturated heterocycles. The van der Waals surface area contributed by atoms with Crippen LogP contribution in [0.2, 0.25) is 0 Å². The number of nitrogens with zero attached hydrogens (tertiary/aromatic N) is 2. The zero-order valence-corrected chi connectivity index (χ0v) is 12.5. The van der Waals surface area contributed by atoms with Crippen LogP contribution in [0.4, 0.5) is 0 Å². The molecule has 1 aromatic heterocycles. The van der Waals surface area contributed by atoms with E-state index in [1.54, 1.807) is 17.9 Å². The molecule has 0 aliphatic rings. The number of rotatable bonds is 4. The maximum absolute atomic E-state index is 12.0. The summed E-state index contributed by atoms with van der Waals surface area (Å²) in [5.74, 6) is 1.56. The lowest BCUT2D eigenvalue weighted by Gasteiger charge is -2.09. The van der Waals surface area contributed by atoms with Gasteiger partial charge in [0.05, 0.1) is 7.11 Å². The Morgan fingerprint density at radius 1 is 1.32 bits per heavy atom. The number of ether oxygens (including phenoxy) is 1. The first-order valence-electron chi connectivity index (χ1n) is 5.96. The predicted octanol–water partition coefficient (Wildman–Crippen LogP) is 2.57. The van der Waals surface area contributed by atoms with E-state index in [1.807, 2.05) is 31.2 Å². The zero-order valence-electron chi connectivity index (χ0n) is 10.9. The summed E-state index contributed by atoms with van der Waals surface area (Å²) < 4.78 is 7.28. The lowest BCUT2D eigenvalue weighted by molar-refractivity contribution is 0.414. The summed E-state index contributed by atoms with van der Waals surface area (Å²) >= 11 is 3.21. The molecule has 0 amide bonds. The van der Waals surface area contributed by atoms with Crippen molar-refractivity contribution >= 4 is 15.9 Å². The summed E-state index contributed by atoms with van der Waals surface area (Å²) in [6.07, 6.45) is 2.32. The average Bonchev–Trinajstić information content (AvgIpc) is 2.44. The number of hydrogen-bond donors (Lipinski definition) is 0. The van der Waals surface area contributed by atoms with Gasteiger partial charge in [-0.05, 0) is 47.0 Å². The molecule has 1 aromatic carbocycles. The van der Waals surface area contributed by atoms with Crippen LogP contribution in [-0.2, 0) is 13.0 Å². The van der Waals surface area contributed by atoms with E-state index >= 15 is 0 Å². The van der Waals surface area contributed by atoms with Crippen molar-refractivity contribution in [3.8, 4) is 5.75 Å². The molecule has 0 fully saturated rings. The van der Waals surface area contributed by atoms with Gasteiger partial charge in [-0.2, -0.15) is 0 Å². The fraction of sp³-hybridized carbons (Fsp3) is 0.286. The summed E-state index contributed by atoms with van der Waals surface area (Å²) in [6.45, 7) is 2.45. The van der Waals surface area contributed by atoms with Crippen molar-refractivity contribution < 1.29 is 4.74 Å². The van der Waals surface area contributed by atoms with Gasteiger partial charge in [-0.15, -0.1) is 0 Å². The molecule has 100 valence electrons. The van der Waals surface area contributed by atoms with Crippen LogP contribution in [0.3, 0.4) is 0 Å². The standard InChI is InChI=1S/C14H15BrN2O2/c1-10-16-9-13(15)14(18)17(10)8-7-11-3-5-12(19-2)6-4-11/h3-6,9H,7-8H2,1-2H3. The first-order chi connectivity index (χ1) is 9.11. The summed E-state index contributed by atoms with van der Waals surface area (Å²) in [5, 5.41) is 0. The Bertz CT molecular complexity index is 620. The first kappa shape index (κ1) is 13.8. The first-order valence-corrected chi connectivity index (χ1v) is 6.76. The molecule has 0 N–H and O–H groups in total. The molecular formula is C14H15BrN2O2. The summed E-state index contributed by atoms with van der Waals surface area (Å²) in [5.41, 5.74) is 1.12. The minimum absolute atomic E-state index is 0.0407. The second kappa shape index (κ2) is 6.02. The Balaban J connectivity index is 2.14. The van der Waals surface area contributed by atoms with Crippen LogP contribution < -0.4 is 10.3 Å². The quantitative estimate of drug-likeness (QED) is 0.869. The smallest absolute Gasteiger partial charge is 0.267 e. The van der Waals surface area contributed by atoms with Gasteiger partial charge in [-0.1, -0.05) is 12.1 Å². The maximum atomic E-state index is 12.0. The van der Waals surface area contributed by atoms with E-state index < -0.39 is 0 Å². The van der Waals surface area contributed by atoms with Crippen molar-refractivity contribution in [1.82, 2.24) is 9.55 Å². The van der Waals surface area contributed by atoms with Crippen molar-refractivity contribution in [1.29, 1.82) is 0 Å². The monoisotopic (exact) mass is 322 g/mol. The molecule has 0 aliphatic heterocycles. The molecule has 0 unspecified atom stereocenters. The van der Waals surface area contributed by atoms with Crippen molar-refractivity contribution in [2.45, 2.75) is 19.9 Å². The third-order valence-electron chi connectivity index (χ3n) is 2.99. The summed E-state index contributed by atoms with van der Waals surface area (Å²) in [7, 11) is 1.64. The molecule has 0 saturated carbocycles. The van der Waals surface area contributed by atoms with E-state index in [0.29, 0.717) is 11.0 Å². The van der Waals surface area contributed by atoms with Crippen molar-refractivity contribution in [2.24, 2.45) is 0 Å². The van der Waals surface area contributed by atoms with E-state index in [0.717, 1.165) is 23.6 Å². The van der Waals surface area contributed by atoms with Gasteiger partial charge in [0.1, 0.15) is 16.0 Å². The summed E-state index contributed by atoms with van der Waals surface area (Å²) in [4.78, 5) is 16.1. The van der Waals surface area contributed by atoms with Gasteiger partial charge in [0.2, 0.25) is 0 Å². The van der Waals surface area contributed by atoms with Crippen LogP contribution in [0.25, 0.3) is 0 Å². The van der Waals surface area contributed by atoms with E-state index in [-0.39, 0.29) is 5.56 Å². The fourth-order valence-electron chi connectivity index (χ4n) is 1.85. The minimum Gasteiger partial charge on any atom is -0.497 e. The van der Waals surface area contributed by atoms with Crippen molar-refractivity contribution in [3.63, 3.8) is 0 Å². The van der Waals surface area contributed by atoms with E-state index in [1.165, 1.54) is 0 Å². The topological polar surface area (TPSA) is 44.1 Å². The highest BCUT2D eigenvalue weighted by Crippen LogP contribution is 2.12. The van der Waals surface area contributed by atoms with Crippen LogP contribution in [-0.4, -0.2) is 16.7 Å². The molecule has 19 heavy (non-hydrogen) atoms. The molecule has 5 heteroatoms. The molecule has 2 aromatic rings. The van der Waals surface area contributed by atoms with Gasteiger partial charge in [0.15, 0.2) is 0 Å². The van der Waals surface area contributed by atoms with Crippen molar-refractivity contribution in [2.75, 3.05) is 7.11 Å². The number of benzene rings is 1. The predicted molar refractivity (Wildman–Crippen MR) is 77.6 cm³/mol. The highest BCUT2D eigenvalue weighted by molar-refractivity contribution is 9.10. The molecular weight excluding hydrogens is 308 g/mol. The van der Waals surface area contributed by atoms with Crippen LogP contribution >= 0.6 is 15.9 Å². The zero-order chi connectivity index (χ0) is 13.8. The van der Waals surface area contributed by atoms with Gasteiger partial charge >= 0.3 is 0 Å². The van der Waals surface area contributed by atoms with Gasteiger partial charge < -0.3 is 4.74 Å². The van der Waals surface area contributed by atoms with Gasteiger partial charge in [0, 0.05) is 12.7 Å². The molecule has 0 spiro atoms. The van der Waals surface area contributed by atoms with Crippen LogP contribution in [0.5, 0.6) is 5.75 Å². The Morgan fingerprint density at radius 3 is 2.63 bits per heavy atom. The third-order valence-corrected chi connectivity index (χ3v) is 3.53. The molecule has 0 atom stereocenters. The Kier molecular flexibility index (Phi) is 4.37. The van der Waals surface area contributed by atoms with E-state index in [4.69, 9.17) is 4.74 Å². The van der Waals surface area contributed by atoms with E-state index in [2.05, 4.69) is 20.9 Å². The van der Waals surface area contributed by atoms with E-state index in [9.17, 15) is 4.79 Å². The van der Waals surface area contributed by atoms with Crippen LogP contribution in [0.15, 0.2) is 39.7 Å². The molecule has 4 nitrogen and oxygen atoms in total. The number of aryl methyl sites for hydroxylation is 2. The number of hydrogen-bond acceptors (Lipinski definition) is 3. The molecule has 2 rings (SSSR count). The molecule has 0 radical (unpaired) electrons. The Morgan fingerprint density at radius 2 is 2.00 bits per heavy atom. The molecule has 0 aliphatic carbocycles. The highest BCUT2D eigenvalue weighted by atomic mass is 79.9. The van der Waals surface area contributed by atoms with Crippen LogP contribution in [0, 0.1) is 6.92 Å². The minimum atomic E-state index is -0.0407. The average molecular weight is 323 g/mol. The third kappa shape index (κ3) is 3.23. The normalized spacial score (nSPS) is 10.5. The lowest BCUT2D eigenvalue weighted by atomic mass is 10.1. The SMILES string of the molecule is COc1ccc(CCn2c(C)ncc(Br)c2=O)cc1.